The molecule has 0 radical (unpaired) electrons. The van der Waals surface area contributed by atoms with Gasteiger partial charge in [0.2, 0.25) is 0 Å². The first kappa shape index (κ1) is 15.4. The maximum absolute atomic E-state index is 6.32. The largest absolute Gasteiger partial charge is 0.354 e. The molecule has 1 aromatic heterocycles. The van der Waals surface area contributed by atoms with Crippen molar-refractivity contribution in [2.75, 3.05) is 14.2 Å². The second-order valence-corrected chi connectivity index (χ2v) is 4.46. The molecule has 0 saturated heterocycles. The van der Waals surface area contributed by atoms with Crippen LogP contribution in [0, 0.1) is 0 Å². The summed E-state index contributed by atoms with van der Waals surface area (Å²) < 4.78 is 12.2. The van der Waals surface area contributed by atoms with Gasteiger partial charge in [0.15, 0.2) is 6.29 Å². The van der Waals surface area contributed by atoms with Gasteiger partial charge in [0, 0.05) is 27.2 Å². The van der Waals surface area contributed by atoms with Gasteiger partial charge in [-0.2, -0.15) is 5.10 Å². The van der Waals surface area contributed by atoms with Crippen LogP contribution in [0.5, 0.6) is 0 Å². The number of ether oxygens (including phenoxy) is 2. The molecule has 6 heteroatoms. The van der Waals surface area contributed by atoms with Crippen molar-refractivity contribution in [3.8, 4) is 0 Å². The molecular weight excluding hydrogens is 254 g/mol. The second-order valence-electron chi connectivity index (χ2n) is 4.08. The molecule has 0 saturated carbocycles. The molecule has 5 nitrogen and oxygen atoms in total. The molecule has 0 aliphatic carbocycles. The SMILES string of the molecule is CCc1nn(CC)c(CC(N)C(OC)OC)c1Cl. The summed E-state index contributed by atoms with van der Waals surface area (Å²) in [7, 11) is 3.15. The van der Waals surface area contributed by atoms with Crippen molar-refractivity contribution in [1.29, 1.82) is 0 Å². The highest BCUT2D eigenvalue weighted by Crippen LogP contribution is 2.23. The minimum atomic E-state index is -0.439. The van der Waals surface area contributed by atoms with Crippen LogP contribution < -0.4 is 5.73 Å². The summed E-state index contributed by atoms with van der Waals surface area (Å²) in [5, 5.41) is 5.17. The van der Waals surface area contributed by atoms with E-state index in [9.17, 15) is 0 Å². The fraction of sp³-hybridized carbons (Fsp3) is 0.750. The van der Waals surface area contributed by atoms with Gasteiger partial charge in [-0.1, -0.05) is 18.5 Å². The van der Waals surface area contributed by atoms with Gasteiger partial charge >= 0.3 is 0 Å². The number of nitrogens with two attached hydrogens (primary N) is 1. The Morgan fingerprint density at radius 1 is 1.33 bits per heavy atom. The van der Waals surface area contributed by atoms with Crippen molar-refractivity contribution in [2.24, 2.45) is 5.73 Å². The van der Waals surface area contributed by atoms with Crippen molar-refractivity contribution in [3.63, 3.8) is 0 Å². The van der Waals surface area contributed by atoms with E-state index < -0.39 is 6.29 Å². The van der Waals surface area contributed by atoms with Gasteiger partial charge in [-0.05, 0) is 13.3 Å². The van der Waals surface area contributed by atoms with E-state index in [1.165, 1.54) is 0 Å². The molecule has 1 heterocycles. The van der Waals surface area contributed by atoms with Gasteiger partial charge in [0.1, 0.15) is 0 Å². The van der Waals surface area contributed by atoms with Gasteiger partial charge in [0.25, 0.3) is 0 Å². The van der Waals surface area contributed by atoms with Gasteiger partial charge in [-0.25, -0.2) is 0 Å². The number of aryl methyl sites for hydroxylation is 2. The highest BCUT2D eigenvalue weighted by molar-refractivity contribution is 6.31. The zero-order chi connectivity index (χ0) is 13.7. The standard InChI is InChI=1S/C12H22ClN3O2/c1-5-9-11(13)10(16(6-2)15-9)7-8(14)12(17-3)18-4/h8,12H,5-7,14H2,1-4H3. The van der Waals surface area contributed by atoms with Crippen LogP contribution in [0.3, 0.4) is 0 Å². The van der Waals surface area contributed by atoms with E-state index >= 15 is 0 Å². The fourth-order valence-corrected chi connectivity index (χ4v) is 2.32. The molecule has 0 spiro atoms. The van der Waals surface area contributed by atoms with E-state index in [1.807, 2.05) is 18.5 Å². The monoisotopic (exact) mass is 275 g/mol. The van der Waals surface area contributed by atoms with Crippen molar-refractivity contribution in [2.45, 2.75) is 45.6 Å². The first-order valence-electron chi connectivity index (χ1n) is 6.14. The minimum Gasteiger partial charge on any atom is -0.354 e. The number of hydrogen-bond donors (Lipinski definition) is 1. The first-order chi connectivity index (χ1) is 8.58. The molecule has 2 N–H and O–H groups in total. The van der Waals surface area contributed by atoms with Crippen LogP contribution in [0.2, 0.25) is 5.02 Å². The van der Waals surface area contributed by atoms with Crippen LogP contribution >= 0.6 is 11.6 Å². The van der Waals surface area contributed by atoms with Crippen LogP contribution in [0.1, 0.15) is 25.2 Å². The summed E-state index contributed by atoms with van der Waals surface area (Å²) in [6, 6.07) is -0.274. The molecule has 0 bridgehead atoms. The highest BCUT2D eigenvalue weighted by atomic mass is 35.5. The van der Waals surface area contributed by atoms with Crippen LogP contribution in [0.25, 0.3) is 0 Å². The lowest BCUT2D eigenvalue weighted by atomic mass is 10.1. The third kappa shape index (κ3) is 3.23. The maximum atomic E-state index is 6.32. The summed E-state index contributed by atoms with van der Waals surface area (Å²) in [4.78, 5) is 0. The van der Waals surface area contributed by atoms with Crippen molar-refractivity contribution in [3.05, 3.63) is 16.4 Å². The summed E-state index contributed by atoms with van der Waals surface area (Å²) in [5.41, 5.74) is 7.92. The number of methoxy groups -OCH3 is 2. The molecule has 18 heavy (non-hydrogen) atoms. The Morgan fingerprint density at radius 3 is 2.39 bits per heavy atom. The van der Waals surface area contributed by atoms with Crippen LogP contribution in [-0.4, -0.2) is 36.3 Å². The predicted molar refractivity (Wildman–Crippen MR) is 71.8 cm³/mol. The summed E-state index contributed by atoms with van der Waals surface area (Å²) in [6.07, 6.45) is 0.948. The van der Waals surface area contributed by atoms with E-state index in [4.69, 9.17) is 26.8 Å². The molecule has 104 valence electrons. The number of nitrogens with zero attached hydrogens (tertiary/aromatic N) is 2. The lowest BCUT2D eigenvalue weighted by molar-refractivity contribution is -0.116. The molecule has 1 unspecified atom stereocenters. The van der Waals surface area contributed by atoms with Crippen molar-refractivity contribution >= 4 is 11.6 Å². The molecule has 0 aliphatic heterocycles. The topological polar surface area (TPSA) is 62.3 Å². The van der Waals surface area contributed by atoms with Crippen LogP contribution in [-0.2, 0) is 28.9 Å². The average molecular weight is 276 g/mol. The molecule has 0 fully saturated rings. The lowest BCUT2D eigenvalue weighted by Gasteiger charge is -2.21. The van der Waals surface area contributed by atoms with E-state index in [-0.39, 0.29) is 6.04 Å². The summed E-state index contributed by atoms with van der Waals surface area (Å²) >= 11 is 6.32. The molecule has 0 aromatic carbocycles. The first-order valence-corrected chi connectivity index (χ1v) is 6.51. The van der Waals surface area contributed by atoms with Gasteiger partial charge < -0.3 is 15.2 Å². The normalized spacial score (nSPS) is 13.3. The van der Waals surface area contributed by atoms with Crippen molar-refractivity contribution in [1.82, 2.24) is 9.78 Å². The zero-order valence-corrected chi connectivity index (χ0v) is 12.2. The fourth-order valence-electron chi connectivity index (χ4n) is 1.98. The quantitative estimate of drug-likeness (QED) is 0.768. The molecule has 1 aromatic rings. The smallest absolute Gasteiger partial charge is 0.172 e. The van der Waals surface area contributed by atoms with Crippen LogP contribution in [0.15, 0.2) is 0 Å². The minimum absolute atomic E-state index is 0.274. The zero-order valence-electron chi connectivity index (χ0n) is 11.4. The Morgan fingerprint density at radius 2 is 1.94 bits per heavy atom. The highest BCUT2D eigenvalue weighted by Gasteiger charge is 2.22. The Hall–Kier alpha value is -0.620. The predicted octanol–water partition coefficient (Wildman–Crippen LogP) is 1.61. The maximum Gasteiger partial charge on any atom is 0.172 e. The lowest BCUT2D eigenvalue weighted by Crippen LogP contribution is -2.39. The van der Waals surface area contributed by atoms with Crippen molar-refractivity contribution < 1.29 is 9.47 Å². The Bertz CT molecular complexity index is 378. The Kier molecular flexibility index (Phi) is 6.08. The Labute approximate surface area is 113 Å². The van der Waals surface area contributed by atoms with E-state index in [0.29, 0.717) is 11.4 Å². The molecule has 0 aliphatic rings. The number of rotatable bonds is 7. The van der Waals surface area contributed by atoms with Gasteiger partial charge in [0.05, 0.1) is 22.5 Å². The van der Waals surface area contributed by atoms with E-state index in [2.05, 4.69) is 5.10 Å². The summed E-state index contributed by atoms with van der Waals surface area (Å²) in [5.74, 6) is 0. The molecule has 1 atom stereocenters. The average Bonchev–Trinajstić information content (AvgIpc) is 2.68. The second kappa shape index (κ2) is 7.09. The Balaban J connectivity index is 2.92. The number of halogens is 1. The van der Waals surface area contributed by atoms with Gasteiger partial charge in [-0.3, -0.25) is 4.68 Å². The molecular formula is C12H22ClN3O2. The van der Waals surface area contributed by atoms with Crippen LogP contribution in [0.4, 0.5) is 0 Å². The molecule has 0 amide bonds. The van der Waals surface area contributed by atoms with E-state index in [1.54, 1.807) is 14.2 Å². The number of hydrogen-bond acceptors (Lipinski definition) is 4. The summed E-state index contributed by atoms with van der Waals surface area (Å²) in [6.45, 7) is 4.83. The third-order valence-electron chi connectivity index (χ3n) is 2.94. The van der Waals surface area contributed by atoms with E-state index in [0.717, 1.165) is 24.4 Å². The molecule has 1 rings (SSSR count). The third-order valence-corrected chi connectivity index (χ3v) is 3.37. The number of aromatic nitrogens is 2. The van der Waals surface area contributed by atoms with Gasteiger partial charge in [-0.15, -0.1) is 0 Å².